The van der Waals surface area contributed by atoms with Crippen LogP contribution in [-0.2, 0) is 0 Å². The summed E-state index contributed by atoms with van der Waals surface area (Å²) in [6.45, 7) is 1.00. The van der Waals surface area contributed by atoms with Crippen molar-refractivity contribution in [2.75, 3.05) is 18.4 Å². The number of nitrogens with one attached hydrogen (secondary N) is 1. The van der Waals surface area contributed by atoms with Gasteiger partial charge in [0.25, 0.3) is 5.91 Å². The molecule has 2 aromatic heterocycles. The molecule has 1 aliphatic heterocycles. The molecule has 1 saturated heterocycles. The summed E-state index contributed by atoms with van der Waals surface area (Å²) in [5.41, 5.74) is -0.326. The highest BCUT2D eigenvalue weighted by Gasteiger charge is 2.26. The summed E-state index contributed by atoms with van der Waals surface area (Å²) in [6, 6.07) is 0.915. The van der Waals surface area contributed by atoms with Gasteiger partial charge in [0.2, 0.25) is 0 Å². The van der Waals surface area contributed by atoms with Gasteiger partial charge in [0, 0.05) is 36.8 Å². The van der Waals surface area contributed by atoms with Gasteiger partial charge in [0.15, 0.2) is 16.6 Å². The Morgan fingerprint density at radius 3 is 2.73 bits per heavy atom. The molecule has 0 saturated carbocycles. The number of pyridine rings is 1. The first-order valence-corrected chi connectivity index (χ1v) is 7.78. The molecule has 1 amide bonds. The summed E-state index contributed by atoms with van der Waals surface area (Å²) in [7, 11) is 0. The molecule has 22 heavy (non-hydrogen) atoms. The third-order valence-corrected chi connectivity index (χ3v) is 4.26. The van der Waals surface area contributed by atoms with Crippen molar-refractivity contribution >= 4 is 22.4 Å². The average molecular weight is 324 g/mol. The summed E-state index contributed by atoms with van der Waals surface area (Å²) in [4.78, 5) is 21.5. The molecule has 0 unspecified atom stereocenters. The van der Waals surface area contributed by atoms with Crippen molar-refractivity contribution in [2.24, 2.45) is 0 Å². The van der Waals surface area contributed by atoms with E-state index in [9.17, 15) is 13.6 Å². The van der Waals surface area contributed by atoms with Gasteiger partial charge in [-0.2, -0.15) is 0 Å². The number of hydrogen-bond acceptors (Lipinski definition) is 5. The predicted octanol–water partition coefficient (Wildman–Crippen LogP) is 2.53. The van der Waals surface area contributed by atoms with Crippen LogP contribution in [0.1, 0.15) is 23.3 Å². The van der Waals surface area contributed by atoms with E-state index in [0.29, 0.717) is 19.2 Å². The monoisotopic (exact) mass is 324 g/mol. The van der Waals surface area contributed by atoms with E-state index in [0.717, 1.165) is 24.2 Å². The highest BCUT2D eigenvalue weighted by atomic mass is 32.1. The molecule has 0 bridgehead atoms. The zero-order valence-corrected chi connectivity index (χ0v) is 12.4. The molecule has 8 heteroatoms. The Balaban J connectivity index is 1.60. The molecule has 0 spiro atoms. The molecule has 3 rings (SSSR count). The fourth-order valence-electron chi connectivity index (χ4n) is 2.42. The van der Waals surface area contributed by atoms with E-state index in [-0.39, 0.29) is 11.7 Å². The number of amides is 1. The number of likely N-dealkylation sites (tertiary alicyclic amines) is 1. The lowest BCUT2D eigenvalue weighted by Gasteiger charge is -2.32. The fraction of sp³-hybridized carbons (Fsp3) is 0.357. The first-order valence-electron chi connectivity index (χ1n) is 6.90. The van der Waals surface area contributed by atoms with Crippen molar-refractivity contribution in [3.05, 3.63) is 41.2 Å². The summed E-state index contributed by atoms with van der Waals surface area (Å²) in [5.74, 6) is -2.21. The van der Waals surface area contributed by atoms with Crippen LogP contribution in [0.15, 0.2) is 23.8 Å². The highest BCUT2D eigenvalue weighted by molar-refractivity contribution is 7.13. The largest absolute Gasteiger partial charge is 0.359 e. The van der Waals surface area contributed by atoms with Crippen LogP contribution in [0.25, 0.3) is 0 Å². The van der Waals surface area contributed by atoms with Gasteiger partial charge < -0.3 is 10.2 Å². The number of nitrogens with zero attached hydrogens (tertiary/aromatic N) is 3. The second-order valence-corrected chi connectivity index (χ2v) is 5.93. The number of carbonyl (C=O) groups excluding carboxylic acids is 1. The number of hydrogen-bond donors (Lipinski definition) is 1. The Labute approximate surface area is 130 Å². The van der Waals surface area contributed by atoms with E-state index < -0.39 is 17.5 Å². The van der Waals surface area contributed by atoms with Gasteiger partial charge in [-0.1, -0.05) is 0 Å². The molecule has 0 aromatic carbocycles. The van der Waals surface area contributed by atoms with Crippen molar-refractivity contribution in [2.45, 2.75) is 18.9 Å². The van der Waals surface area contributed by atoms with E-state index in [1.165, 1.54) is 11.3 Å². The lowest BCUT2D eigenvalue weighted by Crippen LogP contribution is -2.43. The average Bonchev–Trinajstić information content (AvgIpc) is 3.00. The molecule has 1 aliphatic rings. The third kappa shape index (κ3) is 3.22. The predicted molar refractivity (Wildman–Crippen MR) is 78.8 cm³/mol. The molecule has 5 nitrogen and oxygen atoms in total. The molecule has 0 atom stereocenters. The number of halogens is 2. The van der Waals surface area contributed by atoms with E-state index in [4.69, 9.17) is 0 Å². The maximum absolute atomic E-state index is 13.6. The highest BCUT2D eigenvalue weighted by Crippen LogP contribution is 2.20. The molecule has 116 valence electrons. The van der Waals surface area contributed by atoms with Gasteiger partial charge in [-0.3, -0.25) is 4.79 Å². The number of rotatable bonds is 3. The van der Waals surface area contributed by atoms with Crippen LogP contribution in [0.4, 0.5) is 13.9 Å². The topological polar surface area (TPSA) is 58.1 Å². The van der Waals surface area contributed by atoms with Crippen molar-refractivity contribution in [3.8, 4) is 0 Å². The Morgan fingerprint density at radius 1 is 1.32 bits per heavy atom. The first kappa shape index (κ1) is 14.8. The van der Waals surface area contributed by atoms with Crippen molar-refractivity contribution < 1.29 is 13.6 Å². The maximum atomic E-state index is 13.6. The van der Waals surface area contributed by atoms with Gasteiger partial charge in [-0.25, -0.2) is 18.7 Å². The van der Waals surface area contributed by atoms with Gasteiger partial charge in [0.1, 0.15) is 5.82 Å². The summed E-state index contributed by atoms with van der Waals surface area (Å²) in [5, 5.41) is 6.06. The number of carbonyl (C=O) groups is 1. The minimum Gasteiger partial charge on any atom is -0.359 e. The smallest absolute Gasteiger partial charge is 0.275 e. The Morgan fingerprint density at radius 2 is 2.09 bits per heavy atom. The number of thiazole rings is 1. The normalized spacial score (nSPS) is 15.8. The standard InChI is InChI=1S/C14H14F2N4OS/c15-9-7-11(16)12(18-8-9)13(21)20-4-1-10(2-5-20)19-14-17-3-6-22-14/h3,6-8,10H,1-2,4-5H2,(H,17,19). The van der Waals surface area contributed by atoms with Gasteiger partial charge in [-0.05, 0) is 12.8 Å². The maximum Gasteiger partial charge on any atom is 0.275 e. The molecular weight excluding hydrogens is 310 g/mol. The van der Waals surface area contributed by atoms with Crippen LogP contribution in [0, 0.1) is 11.6 Å². The molecule has 3 heterocycles. The van der Waals surface area contributed by atoms with E-state index in [2.05, 4.69) is 15.3 Å². The fourth-order valence-corrected chi connectivity index (χ4v) is 3.03. The van der Waals surface area contributed by atoms with Crippen LogP contribution < -0.4 is 5.32 Å². The van der Waals surface area contributed by atoms with Gasteiger partial charge in [-0.15, -0.1) is 11.3 Å². The molecule has 0 radical (unpaired) electrons. The van der Waals surface area contributed by atoms with Crippen molar-refractivity contribution in [1.82, 2.24) is 14.9 Å². The molecule has 2 aromatic rings. The summed E-state index contributed by atoms with van der Waals surface area (Å²) < 4.78 is 26.5. The van der Waals surface area contributed by atoms with Gasteiger partial charge in [0.05, 0.1) is 6.20 Å². The molecule has 1 fully saturated rings. The Bertz CT molecular complexity index is 657. The minimum absolute atomic E-state index is 0.237. The summed E-state index contributed by atoms with van der Waals surface area (Å²) in [6.07, 6.45) is 4.07. The molecular formula is C14H14F2N4OS. The van der Waals surface area contributed by atoms with Crippen molar-refractivity contribution in [1.29, 1.82) is 0 Å². The van der Waals surface area contributed by atoms with E-state index >= 15 is 0 Å². The molecule has 1 N–H and O–H groups in total. The third-order valence-electron chi connectivity index (χ3n) is 3.55. The SMILES string of the molecule is O=C(c1ncc(F)cc1F)N1CCC(Nc2nccs2)CC1. The second-order valence-electron chi connectivity index (χ2n) is 5.03. The number of aromatic nitrogens is 2. The second kappa shape index (κ2) is 6.35. The summed E-state index contributed by atoms with van der Waals surface area (Å²) >= 11 is 1.53. The van der Waals surface area contributed by atoms with Crippen LogP contribution in [-0.4, -0.2) is 39.9 Å². The lowest BCUT2D eigenvalue weighted by molar-refractivity contribution is 0.0707. The number of piperidine rings is 1. The van der Waals surface area contributed by atoms with Crippen LogP contribution in [0.5, 0.6) is 0 Å². The zero-order chi connectivity index (χ0) is 15.5. The molecule has 0 aliphatic carbocycles. The number of anilines is 1. The van der Waals surface area contributed by atoms with E-state index in [1.54, 1.807) is 11.1 Å². The quantitative estimate of drug-likeness (QED) is 0.942. The van der Waals surface area contributed by atoms with Crippen LogP contribution in [0.3, 0.4) is 0 Å². The zero-order valence-electron chi connectivity index (χ0n) is 11.6. The Hall–Kier alpha value is -2.09. The lowest BCUT2D eigenvalue weighted by atomic mass is 10.0. The van der Waals surface area contributed by atoms with Gasteiger partial charge >= 0.3 is 0 Å². The van der Waals surface area contributed by atoms with Crippen LogP contribution >= 0.6 is 11.3 Å². The minimum atomic E-state index is -0.923. The van der Waals surface area contributed by atoms with Crippen molar-refractivity contribution in [3.63, 3.8) is 0 Å². The Kier molecular flexibility index (Phi) is 4.28. The first-order chi connectivity index (χ1) is 10.6. The van der Waals surface area contributed by atoms with Crippen LogP contribution in [0.2, 0.25) is 0 Å². The van der Waals surface area contributed by atoms with E-state index in [1.807, 2.05) is 5.38 Å².